The molecule has 0 aromatic carbocycles. The summed E-state index contributed by atoms with van der Waals surface area (Å²) in [6, 6.07) is 0. The molecule has 0 aliphatic heterocycles. The lowest BCUT2D eigenvalue weighted by Gasteiger charge is -2.18. The Kier molecular flexibility index (Phi) is 53.6. The van der Waals surface area contributed by atoms with Crippen LogP contribution in [0.25, 0.3) is 0 Å². The third kappa shape index (κ3) is 55.8. The molecule has 0 fully saturated rings. The number of carbonyl (C=O) groups excluding carboxylic acids is 3. The van der Waals surface area contributed by atoms with Crippen LogP contribution in [0.1, 0.15) is 213 Å². The molecule has 6 nitrogen and oxygen atoms in total. The van der Waals surface area contributed by atoms with Gasteiger partial charge in [0.1, 0.15) is 13.2 Å². The Labute approximate surface area is 435 Å². The molecule has 0 heterocycles. The van der Waals surface area contributed by atoms with Gasteiger partial charge in [0, 0.05) is 19.3 Å². The standard InChI is InChI=1S/C65H100O6/c1-4-7-10-13-16-19-22-25-28-31-32-35-37-40-43-46-49-52-55-58-64(67)70-61-62(71-65(68)59-56-53-50-47-44-41-38-34-30-27-24-21-18-15-12-9-6-3)60-69-63(66)57-54-51-48-45-42-39-36-33-29-26-23-20-17-14-11-8-5-2/h7,9-10,12,16-21,25-30,32,35,38,40-41,43,47,49-50,52,62H,4-6,8,11,13-15,22-24,31,33-34,36-37,39,42,44-46,48,51,53-61H2,1-3H3/b10-7-,12-9-,19-16-,20-17-,21-18-,28-25-,29-26-,30-27-,35-32-,41-38-,43-40-,50-47-,52-49-. The van der Waals surface area contributed by atoms with Gasteiger partial charge >= 0.3 is 17.9 Å². The maximum atomic E-state index is 12.8. The predicted octanol–water partition coefficient (Wildman–Crippen LogP) is 19.0. The van der Waals surface area contributed by atoms with E-state index in [4.69, 9.17) is 14.2 Å². The molecule has 0 rings (SSSR count). The van der Waals surface area contributed by atoms with Crippen LogP contribution >= 0.6 is 0 Å². The van der Waals surface area contributed by atoms with Crippen LogP contribution in [0.4, 0.5) is 0 Å². The Hall–Kier alpha value is -4.97. The van der Waals surface area contributed by atoms with E-state index < -0.39 is 12.1 Å². The Morgan fingerprint density at radius 1 is 0.296 bits per heavy atom. The summed E-state index contributed by atoms with van der Waals surface area (Å²) in [5.41, 5.74) is 0. The smallest absolute Gasteiger partial charge is 0.306 e. The van der Waals surface area contributed by atoms with E-state index in [0.717, 1.165) is 109 Å². The van der Waals surface area contributed by atoms with Crippen LogP contribution in [-0.4, -0.2) is 37.2 Å². The molecule has 1 unspecified atom stereocenters. The molecule has 0 radical (unpaired) electrons. The molecule has 0 aliphatic carbocycles. The second kappa shape index (κ2) is 57.6. The summed E-state index contributed by atoms with van der Waals surface area (Å²) in [6.45, 7) is 6.25. The number of ether oxygens (including phenoxy) is 3. The van der Waals surface area contributed by atoms with Gasteiger partial charge in [-0.3, -0.25) is 14.4 Å². The normalized spacial score (nSPS) is 13.3. The van der Waals surface area contributed by atoms with Crippen molar-refractivity contribution in [1.82, 2.24) is 0 Å². The van der Waals surface area contributed by atoms with E-state index in [1.165, 1.54) is 51.4 Å². The molecule has 0 spiro atoms. The van der Waals surface area contributed by atoms with Crippen molar-refractivity contribution in [1.29, 1.82) is 0 Å². The van der Waals surface area contributed by atoms with Gasteiger partial charge in [-0.25, -0.2) is 0 Å². The Balaban J connectivity index is 4.64. The first kappa shape index (κ1) is 66.0. The first-order chi connectivity index (χ1) is 35.0. The van der Waals surface area contributed by atoms with E-state index in [1.54, 1.807) is 0 Å². The fourth-order valence-electron chi connectivity index (χ4n) is 6.89. The number of hydrogen-bond donors (Lipinski definition) is 0. The maximum absolute atomic E-state index is 12.8. The van der Waals surface area contributed by atoms with Crippen LogP contribution < -0.4 is 0 Å². The summed E-state index contributed by atoms with van der Waals surface area (Å²) < 4.78 is 16.7. The fourth-order valence-corrected chi connectivity index (χ4v) is 6.89. The lowest BCUT2D eigenvalue weighted by Crippen LogP contribution is -2.30. The third-order valence-corrected chi connectivity index (χ3v) is 11.0. The number of unbranched alkanes of at least 4 members (excludes halogenated alkanes) is 11. The lowest BCUT2D eigenvalue weighted by molar-refractivity contribution is -0.166. The minimum Gasteiger partial charge on any atom is -0.462 e. The zero-order chi connectivity index (χ0) is 51.4. The number of esters is 3. The average molecular weight is 978 g/mol. The van der Waals surface area contributed by atoms with Crippen molar-refractivity contribution in [2.24, 2.45) is 0 Å². The van der Waals surface area contributed by atoms with Gasteiger partial charge in [-0.15, -0.1) is 0 Å². The van der Waals surface area contributed by atoms with E-state index in [1.807, 2.05) is 12.2 Å². The minimum atomic E-state index is -0.850. The first-order valence-corrected chi connectivity index (χ1v) is 28.0. The van der Waals surface area contributed by atoms with Gasteiger partial charge in [0.25, 0.3) is 0 Å². The monoisotopic (exact) mass is 977 g/mol. The van der Waals surface area contributed by atoms with Crippen molar-refractivity contribution in [3.63, 3.8) is 0 Å². The second-order valence-corrected chi connectivity index (χ2v) is 17.7. The number of hydrogen-bond acceptors (Lipinski definition) is 6. The zero-order valence-corrected chi connectivity index (χ0v) is 45.2. The van der Waals surface area contributed by atoms with Crippen molar-refractivity contribution >= 4 is 17.9 Å². The summed E-state index contributed by atoms with van der Waals surface area (Å²) >= 11 is 0. The van der Waals surface area contributed by atoms with Crippen molar-refractivity contribution in [3.8, 4) is 0 Å². The molecule has 0 N–H and O–H groups in total. The van der Waals surface area contributed by atoms with Gasteiger partial charge in [0.15, 0.2) is 6.10 Å². The summed E-state index contributed by atoms with van der Waals surface area (Å²) in [7, 11) is 0. The highest BCUT2D eigenvalue weighted by Crippen LogP contribution is 2.12. The quantitative estimate of drug-likeness (QED) is 0.0262. The van der Waals surface area contributed by atoms with Crippen molar-refractivity contribution in [2.75, 3.05) is 13.2 Å². The van der Waals surface area contributed by atoms with Crippen molar-refractivity contribution in [3.05, 3.63) is 158 Å². The van der Waals surface area contributed by atoms with E-state index >= 15 is 0 Å². The highest BCUT2D eigenvalue weighted by atomic mass is 16.6. The predicted molar refractivity (Wildman–Crippen MR) is 306 cm³/mol. The zero-order valence-electron chi connectivity index (χ0n) is 45.2. The van der Waals surface area contributed by atoms with Gasteiger partial charge in [0.05, 0.1) is 0 Å². The van der Waals surface area contributed by atoms with E-state index in [9.17, 15) is 14.4 Å². The first-order valence-electron chi connectivity index (χ1n) is 28.0. The van der Waals surface area contributed by atoms with Crippen LogP contribution in [-0.2, 0) is 28.6 Å². The molecule has 0 amide bonds. The van der Waals surface area contributed by atoms with Gasteiger partial charge in [-0.2, -0.15) is 0 Å². The SMILES string of the molecule is CC/C=C\C/C=C\C/C=C\C/C=C\C/C=C\C/C=C\CCC(=O)OCC(COC(=O)CCCCCCCCC/C=C\C/C=C\CCCCC)OC(=O)CCC/C=C\C/C=C\C/C=C\C/C=C\C/C=C\CC. The lowest BCUT2D eigenvalue weighted by atomic mass is 10.1. The van der Waals surface area contributed by atoms with Gasteiger partial charge < -0.3 is 14.2 Å². The molecular formula is C65H100O6. The highest BCUT2D eigenvalue weighted by molar-refractivity contribution is 5.71. The van der Waals surface area contributed by atoms with E-state index in [2.05, 4.69) is 167 Å². The van der Waals surface area contributed by atoms with Crippen LogP contribution in [0.2, 0.25) is 0 Å². The van der Waals surface area contributed by atoms with Gasteiger partial charge in [0.2, 0.25) is 0 Å². The largest absolute Gasteiger partial charge is 0.462 e. The Bertz CT molecular complexity index is 1640. The Morgan fingerprint density at radius 3 is 0.986 bits per heavy atom. The molecule has 1 atom stereocenters. The molecule has 396 valence electrons. The van der Waals surface area contributed by atoms with Crippen LogP contribution in [0.3, 0.4) is 0 Å². The average Bonchev–Trinajstić information content (AvgIpc) is 3.37. The molecule has 0 saturated carbocycles. The topological polar surface area (TPSA) is 78.9 Å². The number of allylic oxidation sites excluding steroid dienone is 26. The summed E-state index contributed by atoms with van der Waals surface area (Å²) in [5, 5.41) is 0. The van der Waals surface area contributed by atoms with Crippen molar-refractivity contribution in [2.45, 2.75) is 219 Å². The van der Waals surface area contributed by atoms with E-state index in [0.29, 0.717) is 19.3 Å². The molecule has 6 heteroatoms. The molecular weight excluding hydrogens is 877 g/mol. The molecule has 0 aromatic rings. The Morgan fingerprint density at radius 2 is 0.592 bits per heavy atom. The maximum Gasteiger partial charge on any atom is 0.306 e. The van der Waals surface area contributed by atoms with Gasteiger partial charge in [-0.05, 0) is 128 Å². The second-order valence-electron chi connectivity index (χ2n) is 17.7. The third-order valence-electron chi connectivity index (χ3n) is 11.0. The minimum absolute atomic E-state index is 0.135. The molecule has 0 aromatic heterocycles. The fraction of sp³-hybridized carbons (Fsp3) is 0.554. The molecule has 0 aliphatic rings. The van der Waals surface area contributed by atoms with E-state index in [-0.39, 0.29) is 38.0 Å². The highest BCUT2D eigenvalue weighted by Gasteiger charge is 2.19. The molecule has 0 bridgehead atoms. The molecule has 71 heavy (non-hydrogen) atoms. The van der Waals surface area contributed by atoms with Crippen LogP contribution in [0, 0.1) is 0 Å². The summed E-state index contributed by atoms with van der Waals surface area (Å²) in [5.74, 6) is -1.10. The summed E-state index contributed by atoms with van der Waals surface area (Å²) in [4.78, 5) is 38.1. The van der Waals surface area contributed by atoms with Crippen LogP contribution in [0.15, 0.2) is 158 Å². The van der Waals surface area contributed by atoms with Crippen LogP contribution in [0.5, 0.6) is 0 Å². The van der Waals surface area contributed by atoms with Gasteiger partial charge in [-0.1, -0.05) is 224 Å². The number of carbonyl (C=O) groups is 3. The molecule has 0 saturated heterocycles. The van der Waals surface area contributed by atoms with Crippen molar-refractivity contribution < 1.29 is 28.6 Å². The summed E-state index contributed by atoms with van der Waals surface area (Å²) in [6.07, 6.45) is 83.9. The number of rotatable bonds is 48.